The van der Waals surface area contributed by atoms with Crippen LogP contribution >= 0.6 is 0 Å². The molecule has 0 bridgehead atoms. The van der Waals surface area contributed by atoms with Crippen LogP contribution in [0.5, 0.6) is 0 Å². The fraction of sp³-hybridized carbons (Fsp3) is 0.100. The van der Waals surface area contributed by atoms with Crippen molar-refractivity contribution in [3.63, 3.8) is 0 Å². The number of nitrogens with zero attached hydrogens (tertiary/aromatic N) is 1. The molecule has 0 radical (unpaired) electrons. The largest absolute Gasteiger partial charge is 0.348 e. The number of pyridine rings is 1. The summed E-state index contributed by atoms with van der Waals surface area (Å²) in [5.41, 5.74) is 2.17. The number of carbonyl (C=O) groups excluding carboxylic acids is 1. The average Bonchev–Trinajstić information content (AvgIpc) is 2.68. The lowest BCUT2D eigenvalue weighted by atomic mass is 10.1. The van der Waals surface area contributed by atoms with Crippen molar-refractivity contribution in [3.8, 4) is 0 Å². The van der Waals surface area contributed by atoms with E-state index in [9.17, 15) is 18.0 Å². The predicted octanol–water partition coefficient (Wildman–Crippen LogP) is 4.48. The van der Waals surface area contributed by atoms with Gasteiger partial charge in [-0.1, -0.05) is 29.8 Å². The van der Waals surface area contributed by atoms with Crippen molar-refractivity contribution in [2.45, 2.75) is 13.5 Å². The first-order chi connectivity index (χ1) is 12.9. The molecule has 2 N–H and O–H groups in total. The third kappa shape index (κ3) is 4.44. The maximum atomic E-state index is 13.7. The van der Waals surface area contributed by atoms with E-state index in [1.807, 2.05) is 31.2 Å². The maximum Gasteiger partial charge on any atom is 0.253 e. The van der Waals surface area contributed by atoms with Crippen LogP contribution in [0.2, 0.25) is 0 Å². The Morgan fingerprint density at radius 3 is 2.37 bits per heavy atom. The van der Waals surface area contributed by atoms with Crippen LogP contribution in [0.15, 0.2) is 54.7 Å². The molecular weight excluding hydrogens is 355 g/mol. The van der Waals surface area contributed by atoms with Gasteiger partial charge in [-0.15, -0.1) is 0 Å². The minimum atomic E-state index is -1.56. The lowest BCUT2D eigenvalue weighted by Crippen LogP contribution is -2.22. The summed E-state index contributed by atoms with van der Waals surface area (Å²) in [6.45, 7) is 2.36. The van der Waals surface area contributed by atoms with E-state index in [0.29, 0.717) is 12.1 Å². The third-order valence-electron chi connectivity index (χ3n) is 3.90. The Morgan fingerprint density at radius 1 is 0.963 bits per heavy atom. The van der Waals surface area contributed by atoms with Gasteiger partial charge in [0, 0.05) is 12.7 Å². The number of benzene rings is 2. The van der Waals surface area contributed by atoms with E-state index in [-0.39, 0.29) is 17.4 Å². The van der Waals surface area contributed by atoms with Crippen molar-refractivity contribution >= 4 is 17.4 Å². The van der Waals surface area contributed by atoms with Crippen LogP contribution < -0.4 is 10.6 Å². The zero-order chi connectivity index (χ0) is 19.4. The minimum absolute atomic E-state index is 0.190. The van der Waals surface area contributed by atoms with Crippen molar-refractivity contribution < 1.29 is 18.0 Å². The van der Waals surface area contributed by atoms with Gasteiger partial charge < -0.3 is 10.6 Å². The quantitative estimate of drug-likeness (QED) is 0.650. The summed E-state index contributed by atoms with van der Waals surface area (Å²) in [4.78, 5) is 16.2. The molecule has 7 heteroatoms. The molecular formula is C20H16F3N3O. The highest BCUT2D eigenvalue weighted by atomic mass is 19.2. The maximum absolute atomic E-state index is 13.7. The van der Waals surface area contributed by atoms with E-state index in [4.69, 9.17) is 0 Å². The van der Waals surface area contributed by atoms with Gasteiger partial charge in [-0.3, -0.25) is 4.79 Å². The van der Waals surface area contributed by atoms with Crippen molar-refractivity contribution in [2.24, 2.45) is 0 Å². The Bertz CT molecular complexity index is 957. The number of hydrogen-bond acceptors (Lipinski definition) is 3. The van der Waals surface area contributed by atoms with Gasteiger partial charge in [0.1, 0.15) is 5.82 Å². The number of carbonyl (C=O) groups is 1. The molecule has 0 unspecified atom stereocenters. The summed E-state index contributed by atoms with van der Waals surface area (Å²) in [6, 6.07) is 12.6. The minimum Gasteiger partial charge on any atom is -0.348 e. The van der Waals surface area contributed by atoms with Gasteiger partial charge in [-0.2, -0.15) is 0 Å². The fourth-order valence-electron chi connectivity index (χ4n) is 2.35. The molecule has 138 valence electrons. The van der Waals surface area contributed by atoms with Gasteiger partial charge in [0.2, 0.25) is 0 Å². The SMILES string of the molecule is Cc1ccc(CNC(=O)c2ccc(Nc3ccc(F)c(F)c3F)nc2)cc1. The van der Waals surface area contributed by atoms with E-state index in [0.717, 1.165) is 23.3 Å². The average molecular weight is 371 g/mol. The molecule has 0 saturated heterocycles. The highest BCUT2D eigenvalue weighted by Crippen LogP contribution is 2.22. The molecule has 1 aromatic heterocycles. The van der Waals surface area contributed by atoms with Crippen molar-refractivity contribution in [2.75, 3.05) is 5.32 Å². The van der Waals surface area contributed by atoms with E-state index < -0.39 is 17.5 Å². The molecule has 27 heavy (non-hydrogen) atoms. The van der Waals surface area contributed by atoms with Gasteiger partial charge in [0.15, 0.2) is 17.5 Å². The van der Waals surface area contributed by atoms with Crippen LogP contribution in [0.25, 0.3) is 0 Å². The topological polar surface area (TPSA) is 54.0 Å². The predicted molar refractivity (Wildman–Crippen MR) is 96.2 cm³/mol. The summed E-state index contributed by atoms with van der Waals surface area (Å²) >= 11 is 0. The van der Waals surface area contributed by atoms with Gasteiger partial charge in [-0.25, -0.2) is 18.2 Å². The van der Waals surface area contributed by atoms with Gasteiger partial charge >= 0.3 is 0 Å². The van der Waals surface area contributed by atoms with Crippen molar-refractivity contribution in [3.05, 3.63) is 88.9 Å². The Labute approximate surface area is 154 Å². The molecule has 3 aromatic rings. The summed E-state index contributed by atoms with van der Waals surface area (Å²) in [7, 11) is 0. The monoisotopic (exact) mass is 371 g/mol. The number of nitrogens with one attached hydrogen (secondary N) is 2. The summed E-state index contributed by atoms with van der Waals surface area (Å²) in [5, 5.41) is 5.32. The zero-order valence-electron chi connectivity index (χ0n) is 14.4. The van der Waals surface area contributed by atoms with Gasteiger partial charge in [-0.05, 0) is 36.8 Å². The number of aryl methyl sites for hydroxylation is 1. The second-order valence-electron chi connectivity index (χ2n) is 5.95. The number of aromatic nitrogens is 1. The van der Waals surface area contributed by atoms with Crippen molar-refractivity contribution in [1.29, 1.82) is 0 Å². The molecule has 0 atom stereocenters. The number of rotatable bonds is 5. The van der Waals surface area contributed by atoms with Crippen LogP contribution in [0.1, 0.15) is 21.5 Å². The zero-order valence-corrected chi connectivity index (χ0v) is 14.4. The normalized spacial score (nSPS) is 10.5. The number of hydrogen-bond donors (Lipinski definition) is 2. The lowest BCUT2D eigenvalue weighted by molar-refractivity contribution is 0.0950. The molecule has 3 rings (SSSR count). The van der Waals surface area contributed by atoms with E-state index in [1.54, 1.807) is 0 Å². The Balaban J connectivity index is 1.63. The van der Waals surface area contributed by atoms with Gasteiger partial charge in [0.25, 0.3) is 5.91 Å². The molecule has 0 aliphatic rings. The molecule has 0 aliphatic heterocycles. The molecule has 2 aromatic carbocycles. The molecule has 0 saturated carbocycles. The number of amides is 1. The first kappa shape index (κ1) is 18.4. The second-order valence-corrected chi connectivity index (χ2v) is 5.95. The molecule has 4 nitrogen and oxygen atoms in total. The lowest BCUT2D eigenvalue weighted by Gasteiger charge is -2.09. The smallest absolute Gasteiger partial charge is 0.253 e. The van der Waals surface area contributed by atoms with E-state index in [2.05, 4.69) is 15.6 Å². The first-order valence-electron chi connectivity index (χ1n) is 8.14. The second kappa shape index (κ2) is 7.90. The van der Waals surface area contributed by atoms with Crippen molar-refractivity contribution in [1.82, 2.24) is 10.3 Å². The molecule has 0 aliphatic carbocycles. The van der Waals surface area contributed by atoms with Crippen LogP contribution in [0.3, 0.4) is 0 Å². The highest BCUT2D eigenvalue weighted by molar-refractivity contribution is 5.94. The molecule has 1 heterocycles. The summed E-state index contributed by atoms with van der Waals surface area (Å²) < 4.78 is 39.9. The summed E-state index contributed by atoms with van der Waals surface area (Å²) in [5.74, 6) is -4.29. The Hall–Kier alpha value is -3.35. The Morgan fingerprint density at radius 2 is 1.70 bits per heavy atom. The van der Waals surface area contributed by atoms with Crippen LogP contribution in [0, 0.1) is 24.4 Å². The fourth-order valence-corrected chi connectivity index (χ4v) is 2.35. The molecule has 0 fully saturated rings. The molecule has 0 spiro atoms. The Kier molecular flexibility index (Phi) is 5.40. The van der Waals surface area contributed by atoms with Gasteiger partial charge in [0.05, 0.1) is 11.3 Å². The van der Waals surface area contributed by atoms with E-state index in [1.165, 1.54) is 18.3 Å². The van der Waals surface area contributed by atoms with Crippen LogP contribution in [0.4, 0.5) is 24.7 Å². The van der Waals surface area contributed by atoms with Crippen LogP contribution in [-0.4, -0.2) is 10.9 Å². The summed E-state index contributed by atoms with van der Waals surface area (Å²) in [6.07, 6.45) is 1.31. The standard InChI is InChI=1S/C20H16F3N3O/c1-12-2-4-13(5-3-12)10-25-20(27)14-6-9-17(24-11-14)26-16-8-7-15(21)18(22)19(16)23/h2-9,11H,10H2,1H3,(H,24,26)(H,25,27). The number of anilines is 2. The first-order valence-corrected chi connectivity index (χ1v) is 8.14. The number of halogens is 3. The van der Waals surface area contributed by atoms with E-state index >= 15 is 0 Å². The molecule has 1 amide bonds. The van der Waals surface area contributed by atoms with Crippen LogP contribution in [-0.2, 0) is 6.54 Å². The third-order valence-corrected chi connectivity index (χ3v) is 3.90. The highest BCUT2D eigenvalue weighted by Gasteiger charge is 2.14.